The number of carbonyl (C=O) groups is 2. The molecule has 1 aliphatic heterocycles. The molecule has 1 aliphatic rings. The Labute approximate surface area is 125 Å². The number of rotatable bonds is 6. The average Bonchev–Trinajstić information content (AvgIpc) is 2.98. The van der Waals surface area contributed by atoms with Crippen LogP contribution in [0.4, 0.5) is 4.79 Å². The Morgan fingerprint density at radius 3 is 2.95 bits per heavy atom. The van der Waals surface area contributed by atoms with Gasteiger partial charge in [0.2, 0.25) is 0 Å². The summed E-state index contributed by atoms with van der Waals surface area (Å²) >= 11 is 4.44. The van der Waals surface area contributed by atoms with Crippen molar-refractivity contribution in [3.63, 3.8) is 0 Å². The second-order valence-electron chi connectivity index (χ2n) is 3.90. The van der Waals surface area contributed by atoms with Crippen LogP contribution in [0.15, 0.2) is 22.4 Å². The molecule has 2 amide bonds. The van der Waals surface area contributed by atoms with Crippen LogP contribution in [0.2, 0.25) is 0 Å². The molecule has 0 radical (unpaired) electrons. The zero-order valence-electron chi connectivity index (χ0n) is 10.6. The van der Waals surface area contributed by atoms with E-state index in [1.807, 2.05) is 29.3 Å². The lowest BCUT2D eigenvalue weighted by molar-refractivity contribution is -0.122. The fourth-order valence-corrected chi connectivity index (χ4v) is 3.87. The second-order valence-corrected chi connectivity index (χ2v) is 7.27. The minimum absolute atomic E-state index is 0.144. The lowest BCUT2D eigenvalue weighted by Crippen LogP contribution is -2.29. The monoisotopic (exact) mass is 313 g/mol. The topological polar surface area (TPSA) is 37.4 Å². The van der Waals surface area contributed by atoms with Crippen LogP contribution in [0.5, 0.6) is 0 Å². The molecule has 0 saturated carbocycles. The van der Waals surface area contributed by atoms with Gasteiger partial charge in [-0.3, -0.25) is 14.5 Å². The summed E-state index contributed by atoms with van der Waals surface area (Å²) in [5.74, 6) is 1.91. The molecule has 2 heterocycles. The molecule has 2 rings (SSSR count). The fraction of sp³-hybridized carbons (Fsp3) is 0.385. The van der Waals surface area contributed by atoms with E-state index in [4.69, 9.17) is 0 Å². The van der Waals surface area contributed by atoms with Crippen molar-refractivity contribution >= 4 is 52.1 Å². The Morgan fingerprint density at radius 2 is 2.26 bits per heavy atom. The molecule has 6 heteroatoms. The predicted molar refractivity (Wildman–Crippen MR) is 84.6 cm³/mol. The van der Waals surface area contributed by atoms with E-state index in [1.165, 1.54) is 4.90 Å². The third kappa shape index (κ3) is 3.87. The molecule has 0 spiro atoms. The quantitative estimate of drug-likeness (QED) is 0.589. The molecule has 0 N–H and O–H groups in total. The molecule has 1 aromatic heterocycles. The first kappa shape index (κ1) is 14.7. The highest BCUT2D eigenvalue weighted by atomic mass is 32.2. The molecule has 1 saturated heterocycles. The highest BCUT2D eigenvalue weighted by molar-refractivity contribution is 8.18. The van der Waals surface area contributed by atoms with Crippen LogP contribution in [0.3, 0.4) is 0 Å². The largest absolute Gasteiger partial charge is 0.293 e. The summed E-state index contributed by atoms with van der Waals surface area (Å²) in [5, 5.41) is 1.81. The van der Waals surface area contributed by atoms with Crippen molar-refractivity contribution in [1.82, 2.24) is 4.90 Å². The number of carbonyl (C=O) groups excluding carboxylic acids is 2. The molecule has 0 aliphatic carbocycles. The molecule has 1 fully saturated rings. The minimum Gasteiger partial charge on any atom is -0.268 e. The smallest absolute Gasteiger partial charge is 0.268 e. The van der Waals surface area contributed by atoms with Crippen LogP contribution in [0.25, 0.3) is 6.08 Å². The predicted octanol–water partition coefficient (Wildman–Crippen LogP) is 3.93. The highest BCUT2D eigenvalue weighted by Crippen LogP contribution is 2.33. The Kier molecular flexibility index (Phi) is 5.54. The first-order valence-electron chi connectivity index (χ1n) is 6.09. The Morgan fingerprint density at radius 1 is 1.42 bits per heavy atom. The molecular formula is C13H15NO2S3. The first-order valence-corrected chi connectivity index (χ1v) is 8.94. The van der Waals surface area contributed by atoms with Crippen LogP contribution in [0, 0.1) is 0 Å². The highest BCUT2D eigenvalue weighted by Gasteiger charge is 2.34. The first-order chi connectivity index (χ1) is 9.22. The summed E-state index contributed by atoms with van der Waals surface area (Å²) < 4.78 is 0. The number of imide groups is 1. The Balaban J connectivity index is 1.96. The van der Waals surface area contributed by atoms with Crippen LogP contribution in [0.1, 0.15) is 18.2 Å². The second kappa shape index (κ2) is 7.17. The number of thiophene rings is 1. The third-order valence-corrected chi connectivity index (χ3v) is 5.28. The van der Waals surface area contributed by atoms with Crippen LogP contribution in [-0.4, -0.2) is 34.1 Å². The van der Waals surface area contributed by atoms with E-state index in [2.05, 4.69) is 6.92 Å². The van der Waals surface area contributed by atoms with Gasteiger partial charge in [-0.2, -0.15) is 11.8 Å². The zero-order chi connectivity index (χ0) is 13.7. The summed E-state index contributed by atoms with van der Waals surface area (Å²) in [5.41, 5.74) is 0. The maximum Gasteiger partial charge on any atom is 0.293 e. The van der Waals surface area contributed by atoms with Crippen molar-refractivity contribution in [2.24, 2.45) is 0 Å². The molecule has 0 aromatic carbocycles. The molecular weight excluding hydrogens is 298 g/mol. The van der Waals surface area contributed by atoms with Crippen molar-refractivity contribution in [3.8, 4) is 0 Å². The van der Waals surface area contributed by atoms with Gasteiger partial charge in [0, 0.05) is 11.4 Å². The van der Waals surface area contributed by atoms with Crippen LogP contribution in [-0.2, 0) is 4.79 Å². The van der Waals surface area contributed by atoms with Crippen molar-refractivity contribution in [2.75, 3.05) is 18.1 Å². The van der Waals surface area contributed by atoms with Gasteiger partial charge in [-0.05, 0) is 47.2 Å². The zero-order valence-corrected chi connectivity index (χ0v) is 13.1. The van der Waals surface area contributed by atoms with E-state index < -0.39 is 0 Å². The lowest BCUT2D eigenvalue weighted by atomic mass is 10.3. The molecule has 0 atom stereocenters. The van der Waals surface area contributed by atoms with Gasteiger partial charge in [-0.15, -0.1) is 11.3 Å². The van der Waals surface area contributed by atoms with Gasteiger partial charge in [0.05, 0.1) is 4.91 Å². The van der Waals surface area contributed by atoms with Crippen molar-refractivity contribution in [2.45, 2.75) is 13.3 Å². The standard InChI is InChI=1S/C13H15NO2S3/c1-2-17-7-4-6-14-12(15)11(19-13(14)16)9-10-5-3-8-18-10/h3,5,8-9H,2,4,6-7H2,1H3/b11-9+. The van der Waals surface area contributed by atoms with Crippen molar-refractivity contribution < 1.29 is 9.59 Å². The van der Waals surface area contributed by atoms with Gasteiger partial charge in [0.25, 0.3) is 11.1 Å². The lowest BCUT2D eigenvalue weighted by Gasteiger charge is -2.11. The van der Waals surface area contributed by atoms with Gasteiger partial charge in [0.15, 0.2) is 0 Å². The van der Waals surface area contributed by atoms with Gasteiger partial charge in [-0.25, -0.2) is 0 Å². The normalized spacial score (nSPS) is 17.7. The SMILES string of the molecule is CCSCCCN1C(=O)S/C(=C/c2cccs2)C1=O. The number of nitrogens with zero attached hydrogens (tertiary/aromatic N) is 1. The van der Waals surface area contributed by atoms with Crippen LogP contribution >= 0.6 is 34.9 Å². The fourth-order valence-electron chi connectivity index (χ4n) is 1.66. The summed E-state index contributed by atoms with van der Waals surface area (Å²) in [6.45, 7) is 2.63. The number of amides is 2. The third-order valence-electron chi connectivity index (χ3n) is 2.56. The van der Waals surface area contributed by atoms with E-state index in [-0.39, 0.29) is 11.1 Å². The summed E-state index contributed by atoms with van der Waals surface area (Å²) in [6.07, 6.45) is 2.67. The molecule has 0 unspecified atom stereocenters. The molecule has 102 valence electrons. The maximum atomic E-state index is 12.1. The molecule has 0 bridgehead atoms. The van der Waals surface area contributed by atoms with Crippen molar-refractivity contribution in [3.05, 3.63) is 27.3 Å². The Bertz CT molecular complexity index is 482. The molecule has 1 aromatic rings. The summed E-state index contributed by atoms with van der Waals surface area (Å²) in [4.78, 5) is 26.8. The van der Waals surface area contributed by atoms with E-state index in [9.17, 15) is 9.59 Å². The number of thioether (sulfide) groups is 2. The maximum absolute atomic E-state index is 12.1. The van der Waals surface area contributed by atoms with Crippen molar-refractivity contribution in [1.29, 1.82) is 0 Å². The van der Waals surface area contributed by atoms with Gasteiger partial charge in [0.1, 0.15) is 0 Å². The van der Waals surface area contributed by atoms with E-state index in [1.54, 1.807) is 17.4 Å². The number of hydrogen-bond donors (Lipinski definition) is 0. The minimum atomic E-state index is -0.148. The Hall–Kier alpha value is -0.720. The van der Waals surface area contributed by atoms with E-state index in [0.29, 0.717) is 11.4 Å². The van der Waals surface area contributed by atoms with E-state index in [0.717, 1.165) is 34.6 Å². The van der Waals surface area contributed by atoms with E-state index >= 15 is 0 Å². The average molecular weight is 313 g/mol. The van der Waals surface area contributed by atoms with Crippen LogP contribution < -0.4 is 0 Å². The summed E-state index contributed by atoms with van der Waals surface area (Å²) in [6, 6.07) is 3.87. The summed E-state index contributed by atoms with van der Waals surface area (Å²) in [7, 11) is 0. The molecule has 3 nitrogen and oxygen atoms in total. The molecule has 19 heavy (non-hydrogen) atoms. The van der Waals surface area contributed by atoms with Gasteiger partial charge in [-0.1, -0.05) is 13.0 Å². The van der Waals surface area contributed by atoms with Gasteiger partial charge < -0.3 is 0 Å². The van der Waals surface area contributed by atoms with Gasteiger partial charge >= 0.3 is 0 Å². The number of hydrogen-bond acceptors (Lipinski definition) is 5.